The molecular weight excluding hydrogens is 287 g/mol. The van der Waals surface area contributed by atoms with Crippen LogP contribution in [0.4, 0.5) is 15.1 Å². The highest BCUT2D eigenvalue weighted by atomic mass is 19.1. The molecule has 0 aliphatic carbocycles. The molecule has 7 heteroatoms. The molecule has 1 amide bonds. The molecule has 1 aliphatic heterocycles. The molecule has 1 unspecified atom stereocenters. The summed E-state index contributed by atoms with van der Waals surface area (Å²) in [6.45, 7) is 6.77. The van der Waals surface area contributed by atoms with E-state index in [2.05, 4.69) is 15.3 Å². The third-order valence-electron chi connectivity index (χ3n) is 3.37. The predicted octanol–water partition coefficient (Wildman–Crippen LogP) is 2.82. The molecule has 1 aliphatic rings. The summed E-state index contributed by atoms with van der Waals surface area (Å²) in [6, 6.07) is 0.0252. The van der Waals surface area contributed by atoms with Crippen LogP contribution in [0, 0.1) is 5.82 Å². The SMILES string of the molecule is CC(C)(C)OC(=O)N1CCCCC1CNc1ncc(F)cn1. The molecule has 0 spiro atoms. The first-order valence-electron chi connectivity index (χ1n) is 7.56. The fraction of sp³-hybridized carbons (Fsp3) is 0.667. The number of carbonyl (C=O) groups excluding carboxylic acids is 1. The van der Waals surface area contributed by atoms with E-state index in [-0.39, 0.29) is 12.1 Å². The number of nitrogens with one attached hydrogen (secondary N) is 1. The maximum absolute atomic E-state index is 12.8. The van der Waals surface area contributed by atoms with Gasteiger partial charge in [-0.25, -0.2) is 19.2 Å². The number of aromatic nitrogens is 2. The lowest BCUT2D eigenvalue weighted by Gasteiger charge is -2.36. The molecule has 1 atom stereocenters. The second kappa shape index (κ2) is 6.89. The van der Waals surface area contributed by atoms with Gasteiger partial charge in [0.25, 0.3) is 0 Å². The predicted molar refractivity (Wildman–Crippen MR) is 81.1 cm³/mol. The van der Waals surface area contributed by atoms with E-state index in [0.717, 1.165) is 31.7 Å². The molecule has 6 nitrogen and oxygen atoms in total. The van der Waals surface area contributed by atoms with Gasteiger partial charge in [0.15, 0.2) is 5.82 Å². The molecule has 0 radical (unpaired) electrons. The zero-order valence-electron chi connectivity index (χ0n) is 13.3. The molecule has 1 aromatic rings. The first-order chi connectivity index (χ1) is 10.3. The van der Waals surface area contributed by atoms with Gasteiger partial charge in [0.1, 0.15) is 5.60 Å². The Morgan fingerprint density at radius 3 is 2.73 bits per heavy atom. The average molecular weight is 310 g/mol. The number of likely N-dealkylation sites (tertiary alicyclic amines) is 1. The summed E-state index contributed by atoms with van der Waals surface area (Å²) in [5.74, 6) is -0.116. The highest BCUT2D eigenvalue weighted by Crippen LogP contribution is 2.20. The van der Waals surface area contributed by atoms with Crippen molar-refractivity contribution >= 4 is 12.0 Å². The third-order valence-corrected chi connectivity index (χ3v) is 3.37. The Kier molecular flexibility index (Phi) is 5.15. The van der Waals surface area contributed by atoms with Crippen LogP contribution < -0.4 is 5.32 Å². The molecule has 0 saturated carbocycles. The van der Waals surface area contributed by atoms with Crippen molar-refractivity contribution in [3.63, 3.8) is 0 Å². The summed E-state index contributed by atoms with van der Waals surface area (Å²) in [4.78, 5) is 21.8. The van der Waals surface area contributed by atoms with E-state index in [9.17, 15) is 9.18 Å². The van der Waals surface area contributed by atoms with Crippen LogP contribution in [-0.4, -0.2) is 45.7 Å². The van der Waals surface area contributed by atoms with Gasteiger partial charge >= 0.3 is 6.09 Å². The minimum absolute atomic E-state index is 0.0252. The van der Waals surface area contributed by atoms with Crippen molar-refractivity contribution in [2.75, 3.05) is 18.4 Å². The molecule has 0 aromatic carbocycles. The minimum Gasteiger partial charge on any atom is -0.444 e. The van der Waals surface area contributed by atoms with Crippen molar-refractivity contribution in [2.45, 2.75) is 51.7 Å². The topological polar surface area (TPSA) is 67.3 Å². The molecule has 1 saturated heterocycles. The lowest BCUT2D eigenvalue weighted by molar-refractivity contribution is 0.0114. The van der Waals surface area contributed by atoms with E-state index < -0.39 is 11.4 Å². The normalized spacial score (nSPS) is 18.9. The highest BCUT2D eigenvalue weighted by Gasteiger charge is 2.30. The Bertz CT molecular complexity index is 501. The average Bonchev–Trinajstić information content (AvgIpc) is 2.45. The largest absolute Gasteiger partial charge is 0.444 e. The van der Waals surface area contributed by atoms with Crippen molar-refractivity contribution < 1.29 is 13.9 Å². The van der Waals surface area contributed by atoms with Gasteiger partial charge in [0, 0.05) is 13.1 Å². The summed E-state index contributed by atoms with van der Waals surface area (Å²) >= 11 is 0. The molecule has 1 N–H and O–H groups in total. The van der Waals surface area contributed by atoms with Gasteiger partial charge in [-0.1, -0.05) is 0 Å². The van der Waals surface area contributed by atoms with E-state index in [0.29, 0.717) is 19.0 Å². The molecule has 2 heterocycles. The molecule has 22 heavy (non-hydrogen) atoms. The number of nitrogens with zero attached hydrogens (tertiary/aromatic N) is 3. The number of anilines is 1. The van der Waals surface area contributed by atoms with E-state index in [4.69, 9.17) is 4.74 Å². The Morgan fingerprint density at radius 1 is 1.41 bits per heavy atom. The summed E-state index contributed by atoms with van der Waals surface area (Å²) in [7, 11) is 0. The Labute approximate surface area is 130 Å². The number of hydrogen-bond acceptors (Lipinski definition) is 5. The number of piperidine rings is 1. The molecule has 1 aromatic heterocycles. The molecule has 2 rings (SSSR count). The fourth-order valence-electron chi connectivity index (χ4n) is 2.39. The van der Waals surface area contributed by atoms with Crippen LogP contribution in [0.3, 0.4) is 0 Å². The third kappa shape index (κ3) is 4.82. The molecule has 1 fully saturated rings. The number of amides is 1. The monoisotopic (exact) mass is 310 g/mol. The summed E-state index contributed by atoms with van der Waals surface area (Å²) < 4.78 is 18.2. The van der Waals surface area contributed by atoms with E-state index in [1.165, 1.54) is 0 Å². The number of halogens is 1. The van der Waals surface area contributed by atoms with Crippen LogP contribution in [0.1, 0.15) is 40.0 Å². The number of hydrogen-bond donors (Lipinski definition) is 1. The maximum Gasteiger partial charge on any atom is 0.410 e. The van der Waals surface area contributed by atoms with Crippen LogP contribution in [-0.2, 0) is 4.74 Å². The van der Waals surface area contributed by atoms with Gasteiger partial charge in [0.05, 0.1) is 18.4 Å². The number of ether oxygens (including phenoxy) is 1. The van der Waals surface area contributed by atoms with Crippen molar-refractivity contribution in [3.05, 3.63) is 18.2 Å². The summed E-state index contributed by atoms with van der Waals surface area (Å²) in [5, 5.41) is 3.05. The Balaban J connectivity index is 1.94. The van der Waals surface area contributed by atoms with Crippen molar-refractivity contribution in [3.8, 4) is 0 Å². The van der Waals surface area contributed by atoms with Crippen LogP contribution in [0.25, 0.3) is 0 Å². The van der Waals surface area contributed by atoms with Gasteiger partial charge in [-0.3, -0.25) is 0 Å². The highest BCUT2D eigenvalue weighted by molar-refractivity contribution is 5.68. The van der Waals surface area contributed by atoms with Crippen LogP contribution in [0.5, 0.6) is 0 Å². The quantitative estimate of drug-likeness (QED) is 0.930. The number of rotatable bonds is 3. The zero-order valence-corrected chi connectivity index (χ0v) is 13.3. The lowest BCUT2D eigenvalue weighted by atomic mass is 10.0. The van der Waals surface area contributed by atoms with Crippen molar-refractivity contribution in [1.82, 2.24) is 14.9 Å². The fourth-order valence-corrected chi connectivity index (χ4v) is 2.39. The standard InChI is InChI=1S/C15H23FN4O2/c1-15(2,3)22-14(21)20-7-5-4-6-12(20)10-19-13-17-8-11(16)9-18-13/h8-9,12H,4-7,10H2,1-3H3,(H,17,18,19). The summed E-state index contributed by atoms with van der Waals surface area (Å²) in [6.07, 6.45) is 4.87. The summed E-state index contributed by atoms with van der Waals surface area (Å²) in [5.41, 5.74) is -0.507. The number of carbonyl (C=O) groups is 1. The minimum atomic E-state index is -0.507. The van der Waals surface area contributed by atoms with E-state index in [1.807, 2.05) is 20.8 Å². The van der Waals surface area contributed by atoms with Gasteiger partial charge in [-0.05, 0) is 40.0 Å². The first kappa shape index (κ1) is 16.5. The van der Waals surface area contributed by atoms with E-state index >= 15 is 0 Å². The van der Waals surface area contributed by atoms with E-state index in [1.54, 1.807) is 4.90 Å². The molecular formula is C15H23FN4O2. The van der Waals surface area contributed by atoms with Crippen LogP contribution in [0.15, 0.2) is 12.4 Å². The van der Waals surface area contributed by atoms with Gasteiger partial charge < -0.3 is 15.0 Å². The maximum atomic E-state index is 12.8. The Hall–Kier alpha value is -1.92. The van der Waals surface area contributed by atoms with Crippen LogP contribution in [0.2, 0.25) is 0 Å². The lowest BCUT2D eigenvalue weighted by Crippen LogP contribution is -2.49. The van der Waals surface area contributed by atoms with Crippen molar-refractivity contribution in [2.24, 2.45) is 0 Å². The smallest absolute Gasteiger partial charge is 0.410 e. The van der Waals surface area contributed by atoms with Gasteiger partial charge in [-0.15, -0.1) is 0 Å². The van der Waals surface area contributed by atoms with Crippen LogP contribution >= 0.6 is 0 Å². The molecule has 0 bridgehead atoms. The van der Waals surface area contributed by atoms with Gasteiger partial charge in [-0.2, -0.15) is 0 Å². The van der Waals surface area contributed by atoms with Crippen molar-refractivity contribution in [1.29, 1.82) is 0 Å². The first-order valence-corrected chi connectivity index (χ1v) is 7.56. The molecule has 122 valence electrons. The second-order valence-corrected chi connectivity index (χ2v) is 6.43. The zero-order chi connectivity index (χ0) is 16.2. The Morgan fingerprint density at radius 2 is 2.09 bits per heavy atom. The van der Waals surface area contributed by atoms with Gasteiger partial charge in [0.2, 0.25) is 5.95 Å². The second-order valence-electron chi connectivity index (χ2n) is 6.43.